The maximum Gasteiger partial charge on any atom is 0.317 e. The number of ether oxygens (including phenoxy) is 1. The molecule has 0 aromatic heterocycles. The number of likely N-dealkylation sites (tertiary alicyclic amines) is 1. The first-order chi connectivity index (χ1) is 8.20. The maximum absolute atomic E-state index is 10.8. The Morgan fingerprint density at radius 3 is 2.76 bits per heavy atom. The number of methoxy groups -OCH3 is 1. The van der Waals surface area contributed by atoms with E-state index in [4.69, 9.17) is 9.84 Å². The topological polar surface area (TPSA) is 49.8 Å². The highest BCUT2D eigenvalue weighted by molar-refractivity contribution is 5.69. The predicted octanol–water partition coefficient (Wildman–Crippen LogP) is 1.92. The van der Waals surface area contributed by atoms with Gasteiger partial charge in [0.2, 0.25) is 0 Å². The van der Waals surface area contributed by atoms with E-state index in [0.29, 0.717) is 0 Å². The van der Waals surface area contributed by atoms with Crippen LogP contribution in [0.2, 0.25) is 0 Å². The van der Waals surface area contributed by atoms with Crippen molar-refractivity contribution in [1.82, 2.24) is 4.90 Å². The molecule has 0 bridgehead atoms. The molecule has 4 heteroatoms. The van der Waals surface area contributed by atoms with Crippen LogP contribution in [0.5, 0.6) is 5.75 Å². The minimum Gasteiger partial charge on any atom is -0.497 e. The van der Waals surface area contributed by atoms with E-state index >= 15 is 0 Å². The lowest BCUT2D eigenvalue weighted by atomic mass is 10.0. The zero-order chi connectivity index (χ0) is 12.3. The van der Waals surface area contributed by atoms with Crippen LogP contribution < -0.4 is 4.74 Å². The van der Waals surface area contributed by atoms with Crippen LogP contribution in [0.3, 0.4) is 0 Å². The Kier molecular flexibility index (Phi) is 3.64. The van der Waals surface area contributed by atoms with Gasteiger partial charge in [-0.25, -0.2) is 0 Å². The van der Waals surface area contributed by atoms with E-state index in [-0.39, 0.29) is 12.6 Å². The molecule has 92 valence electrons. The van der Waals surface area contributed by atoms with Gasteiger partial charge in [0.1, 0.15) is 5.75 Å². The molecule has 1 aliphatic heterocycles. The maximum atomic E-state index is 10.8. The summed E-state index contributed by atoms with van der Waals surface area (Å²) in [6, 6.07) is 8.11. The van der Waals surface area contributed by atoms with E-state index in [2.05, 4.69) is 0 Å². The number of nitrogens with zero attached hydrogens (tertiary/aromatic N) is 1. The fraction of sp³-hybridized carbons (Fsp3) is 0.462. The van der Waals surface area contributed by atoms with Crippen molar-refractivity contribution >= 4 is 5.97 Å². The largest absolute Gasteiger partial charge is 0.497 e. The first-order valence-electron chi connectivity index (χ1n) is 5.80. The van der Waals surface area contributed by atoms with Crippen LogP contribution in [-0.2, 0) is 4.79 Å². The average Bonchev–Trinajstić information content (AvgIpc) is 2.76. The smallest absolute Gasteiger partial charge is 0.317 e. The molecular weight excluding hydrogens is 218 g/mol. The second-order valence-corrected chi connectivity index (χ2v) is 4.30. The third-order valence-electron chi connectivity index (χ3n) is 3.20. The number of carboxylic acids is 1. The molecule has 0 aliphatic carbocycles. The number of aliphatic carboxylic acids is 1. The van der Waals surface area contributed by atoms with Gasteiger partial charge in [-0.15, -0.1) is 0 Å². The summed E-state index contributed by atoms with van der Waals surface area (Å²) in [4.78, 5) is 12.8. The van der Waals surface area contributed by atoms with Crippen LogP contribution >= 0.6 is 0 Å². The van der Waals surface area contributed by atoms with Crippen molar-refractivity contribution in [3.8, 4) is 5.75 Å². The molecule has 17 heavy (non-hydrogen) atoms. The van der Waals surface area contributed by atoms with Gasteiger partial charge in [-0.3, -0.25) is 9.69 Å². The quantitative estimate of drug-likeness (QED) is 0.866. The number of carbonyl (C=O) groups is 1. The molecule has 1 N–H and O–H groups in total. The third kappa shape index (κ3) is 2.77. The molecule has 1 saturated heterocycles. The van der Waals surface area contributed by atoms with Crippen molar-refractivity contribution in [1.29, 1.82) is 0 Å². The van der Waals surface area contributed by atoms with E-state index < -0.39 is 5.97 Å². The van der Waals surface area contributed by atoms with Gasteiger partial charge in [0.25, 0.3) is 0 Å². The van der Waals surface area contributed by atoms with Crippen molar-refractivity contribution in [2.24, 2.45) is 0 Å². The first kappa shape index (κ1) is 11.9. The fourth-order valence-electron chi connectivity index (χ4n) is 2.39. The van der Waals surface area contributed by atoms with Crippen LogP contribution in [-0.4, -0.2) is 36.2 Å². The SMILES string of the molecule is COc1ccc([C@@H]2CCCN2CC(=O)O)cc1. The van der Waals surface area contributed by atoms with Gasteiger partial charge >= 0.3 is 5.97 Å². The van der Waals surface area contributed by atoms with Crippen molar-refractivity contribution in [2.75, 3.05) is 20.2 Å². The Balaban J connectivity index is 2.11. The molecule has 4 nitrogen and oxygen atoms in total. The lowest BCUT2D eigenvalue weighted by Crippen LogP contribution is -2.29. The van der Waals surface area contributed by atoms with E-state index in [1.165, 1.54) is 5.56 Å². The Morgan fingerprint density at radius 2 is 2.18 bits per heavy atom. The number of benzene rings is 1. The zero-order valence-corrected chi connectivity index (χ0v) is 9.93. The first-order valence-corrected chi connectivity index (χ1v) is 5.80. The molecule has 1 atom stereocenters. The molecule has 1 aliphatic rings. The van der Waals surface area contributed by atoms with Crippen molar-refractivity contribution in [2.45, 2.75) is 18.9 Å². The molecule has 1 heterocycles. The zero-order valence-electron chi connectivity index (χ0n) is 9.93. The molecule has 1 fully saturated rings. The highest BCUT2D eigenvalue weighted by Crippen LogP contribution is 2.32. The lowest BCUT2D eigenvalue weighted by Gasteiger charge is -2.22. The van der Waals surface area contributed by atoms with Gasteiger partial charge in [0.15, 0.2) is 0 Å². The average molecular weight is 235 g/mol. The minimum atomic E-state index is -0.759. The molecule has 0 radical (unpaired) electrons. The Bertz CT molecular complexity index is 388. The van der Waals surface area contributed by atoms with Gasteiger partial charge in [-0.2, -0.15) is 0 Å². The van der Waals surface area contributed by atoms with Crippen molar-refractivity contribution < 1.29 is 14.6 Å². The minimum absolute atomic E-state index is 0.122. The summed E-state index contributed by atoms with van der Waals surface area (Å²) in [7, 11) is 1.64. The second kappa shape index (κ2) is 5.19. The summed E-state index contributed by atoms with van der Waals surface area (Å²) in [5, 5.41) is 8.86. The van der Waals surface area contributed by atoms with E-state index in [0.717, 1.165) is 25.1 Å². The number of rotatable bonds is 4. The van der Waals surface area contributed by atoms with E-state index in [9.17, 15) is 4.79 Å². The molecule has 1 aromatic rings. The van der Waals surface area contributed by atoms with Crippen molar-refractivity contribution in [3.05, 3.63) is 29.8 Å². The van der Waals surface area contributed by atoms with Crippen LogP contribution in [0.15, 0.2) is 24.3 Å². The molecule has 0 amide bonds. The summed E-state index contributed by atoms with van der Waals surface area (Å²) in [5.41, 5.74) is 1.17. The third-order valence-corrected chi connectivity index (χ3v) is 3.20. The van der Waals surface area contributed by atoms with Gasteiger partial charge in [-0.05, 0) is 37.1 Å². The van der Waals surface area contributed by atoms with Crippen LogP contribution in [0.1, 0.15) is 24.4 Å². The predicted molar refractivity (Wildman–Crippen MR) is 64.2 cm³/mol. The Morgan fingerprint density at radius 1 is 1.47 bits per heavy atom. The monoisotopic (exact) mass is 235 g/mol. The molecule has 1 aromatic carbocycles. The molecular formula is C13H17NO3. The molecule has 0 unspecified atom stereocenters. The van der Waals surface area contributed by atoms with Gasteiger partial charge in [0.05, 0.1) is 13.7 Å². The summed E-state index contributed by atoms with van der Waals surface area (Å²) in [5.74, 6) is 0.0712. The van der Waals surface area contributed by atoms with E-state index in [1.807, 2.05) is 29.2 Å². The van der Waals surface area contributed by atoms with Gasteiger partial charge in [0, 0.05) is 6.04 Å². The van der Waals surface area contributed by atoms with Gasteiger partial charge in [-0.1, -0.05) is 12.1 Å². The van der Waals surface area contributed by atoms with Crippen LogP contribution in [0, 0.1) is 0 Å². The number of carboxylic acid groups (broad SMARTS) is 1. The molecule has 0 spiro atoms. The van der Waals surface area contributed by atoms with Crippen LogP contribution in [0.4, 0.5) is 0 Å². The summed E-state index contributed by atoms with van der Waals surface area (Å²) >= 11 is 0. The standard InChI is InChI=1S/C13H17NO3/c1-17-11-6-4-10(5-7-11)12-3-2-8-14(12)9-13(15)16/h4-7,12H,2-3,8-9H2,1H3,(H,15,16)/t12-/m0/s1. The molecule has 2 rings (SSSR count). The van der Waals surface area contributed by atoms with E-state index in [1.54, 1.807) is 7.11 Å². The Hall–Kier alpha value is -1.55. The highest BCUT2D eigenvalue weighted by atomic mass is 16.5. The lowest BCUT2D eigenvalue weighted by molar-refractivity contribution is -0.138. The van der Waals surface area contributed by atoms with Gasteiger partial charge < -0.3 is 9.84 Å². The molecule has 0 saturated carbocycles. The normalized spacial score (nSPS) is 20.4. The summed E-state index contributed by atoms with van der Waals surface area (Å²) in [6.07, 6.45) is 2.09. The fourth-order valence-corrected chi connectivity index (χ4v) is 2.39. The number of hydrogen-bond donors (Lipinski definition) is 1. The highest BCUT2D eigenvalue weighted by Gasteiger charge is 2.27. The number of hydrogen-bond acceptors (Lipinski definition) is 3. The van der Waals surface area contributed by atoms with Crippen molar-refractivity contribution in [3.63, 3.8) is 0 Å². The summed E-state index contributed by atoms with van der Waals surface area (Å²) < 4.78 is 5.12. The van der Waals surface area contributed by atoms with Crippen LogP contribution in [0.25, 0.3) is 0 Å². The summed E-state index contributed by atoms with van der Waals surface area (Å²) in [6.45, 7) is 0.986. The second-order valence-electron chi connectivity index (χ2n) is 4.30. The Labute approximate surface area is 101 Å².